The average Bonchev–Trinajstić information content (AvgIpc) is 2.14. The van der Waals surface area contributed by atoms with E-state index in [2.05, 4.69) is 30.5 Å². The van der Waals surface area contributed by atoms with Gasteiger partial charge in [0.2, 0.25) is 0 Å². The Bertz CT molecular complexity index is 396. The zero-order valence-corrected chi connectivity index (χ0v) is 11.1. The molecule has 0 N–H and O–H groups in total. The first-order valence-electron chi connectivity index (χ1n) is 5.07. The van der Waals surface area contributed by atoms with Gasteiger partial charge in [0, 0.05) is 10.9 Å². The number of hydrogen-bond acceptors (Lipinski definition) is 4. The van der Waals surface area contributed by atoms with Gasteiger partial charge in [-0.1, -0.05) is 20.8 Å². The second-order valence-corrected chi connectivity index (χ2v) is 6.39. The van der Waals surface area contributed by atoms with Crippen molar-refractivity contribution in [3.05, 3.63) is 23.4 Å². The molecule has 1 aromatic heterocycles. The van der Waals surface area contributed by atoms with E-state index in [9.17, 15) is 4.79 Å². The Balaban J connectivity index is 2.96. The third kappa shape index (κ3) is 3.52. The van der Waals surface area contributed by atoms with Crippen molar-refractivity contribution in [2.45, 2.75) is 37.5 Å². The van der Waals surface area contributed by atoms with Crippen LogP contribution in [0, 0.1) is 6.92 Å². The molecule has 0 saturated carbocycles. The lowest BCUT2D eigenvalue weighted by Crippen LogP contribution is -2.09. The van der Waals surface area contributed by atoms with Gasteiger partial charge in [0.1, 0.15) is 0 Å². The van der Waals surface area contributed by atoms with Crippen LogP contribution in [0.25, 0.3) is 0 Å². The van der Waals surface area contributed by atoms with E-state index in [1.807, 2.05) is 13.0 Å². The molecule has 0 bridgehead atoms. The zero-order chi connectivity index (χ0) is 12.3. The van der Waals surface area contributed by atoms with Crippen molar-refractivity contribution in [2.75, 3.05) is 7.11 Å². The van der Waals surface area contributed by atoms with Crippen LogP contribution < -0.4 is 0 Å². The van der Waals surface area contributed by atoms with Gasteiger partial charge in [-0.05, 0) is 18.6 Å². The molecule has 16 heavy (non-hydrogen) atoms. The molecule has 0 spiro atoms. The normalized spacial score (nSPS) is 11.3. The molecule has 0 atom stereocenters. The third-order valence-electron chi connectivity index (χ3n) is 1.90. The Morgan fingerprint density at radius 1 is 1.44 bits per heavy atom. The lowest BCUT2D eigenvalue weighted by molar-refractivity contribution is 0.0599. The minimum absolute atomic E-state index is 0.117. The number of aryl methyl sites for hydroxylation is 1. The quantitative estimate of drug-likeness (QED) is 0.587. The topological polar surface area (TPSA) is 39.2 Å². The summed E-state index contributed by atoms with van der Waals surface area (Å²) in [7, 11) is 1.37. The van der Waals surface area contributed by atoms with Crippen LogP contribution in [-0.4, -0.2) is 22.8 Å². The van der Waals surface area contributed by atoms with Crippen LogP contribution in [0.15, 0.2) is 17.3 Å². The summed E-state index contributed by atoms with van der Waals surface area (Å²) >= 11 is 1.68. The van der Waals surface area contributed by atoms with Crippen molar-refractivity contribution in [3.63, 3.8) is 0 Å². The van der Waals surface area contributed by atoms with Crippen LogP contribution in [0.3, 0.4) is 0 Å². The predicted molar refractivity (Wildman–Crippen MR) is 65.9 cm³/mol. The van der Waals surface area contributed by atoms with E-state index in [4.69, 9.17) is 0 Å². The Hall–Kier alpha value is -1.03. The van der Waals surface area contributed by atoms with Gasteiger partial charge in [0.25, 0.3) is 0 Å². The van der Waals surface area contributed by atoms with E-state index in [1.54, 1.807) is 18.0 Å². The summed E-state index contributed by atoms with van der Waals surface area (Å²) in [5.74, 6) is -0.336. The number of carbonyl (C=O) groups is 1. The van der Waals surface area contributed by atoms with Gasteiger partial charge in [-0.2, -0.15) is 0 Å². The van der Waals surface area contributed by atoms with Crippen molar-refractivity contribution in [2.24, 2.45) is 0 Å². The number of rotatable bonds is 2. The molecule has 0 aliphatic heterocycles. The third-order valence-corrected chi connectivity index (χ3v) is 2.95. The SMILES string of the molecule is COC(=O)c1cnc(SC(C)(C)C)cc1C. The second kappa shape index (κ2) is 4.87. The molecule has 88 valence electrons. The summed E-state index contributed by atoms with van der Waals surface area (Å²) < 4.78 is 4.79. The number of pyridine rings is 1. The van der Waals surface area contributed by atoms with Crippen molar-refractivity contribution >= 4 is 17.7 Å². The van der Waals surface area contributed by atoms with Gasteiger partial charge in [-0.25, -0.2) is 9.78 Å². The summed E-state index contributed by atoms with van der Waals surface area (Å²) in [6.07, 6.45) is 1.58. The highest BCUT2D eigenvalue weighted by Crippen LogP contribution is 2.31. The molecule has 4 heteroatoms. The highest BCUT2D eigenvalue weighted by Gasteiger charge is 2.15. The van der Waals surface area contributed by atoms with Gasteiger partial charge in [0.05, 0.1) is 17.7 Å². The minimum atomic E-state index is -0.336. The predicted octanol–water partition coefficient (Wildman–Crippen LogP) is 3.07. The molecule has 0 radical (unpaired) electrons. The number of nitrogens with zero attached hydrogens (tertiary/aromatic N) is 1. The molecule has 1 aromatic rings. The van der Waals surface area contributed by atoms with Crippen molar-refractivity contribution < 1.29 is 9.53 Å². The molecule has 0 saturated heterocycles. The van der Waals surface area contributed by atoms with E-state index in [-0.39, 0.29) is 10.7 Å². The number of methoxy groups -OCH3 is 1. The smallest absolute Gasteiger partial charge is 0.339 e. The Kier molecular flexibility index (Phi) is 3.97. The first kappa shape index (κ1) is 13.0. The van der Waals surface area contributed by atoms with Crippen molar-refractivity contribution in [3.8, 4) is 0 Å². The number of esters is 1. The summed E-state index contributed by atoms with van der Waals surface area (Å²) in [5.41, 5.74) is 1.43. The number of hydrogen-bond donors (Lipinski definition) is 0. The number of carbonyl (C=O) groups excluding carboxylic acids is 1. The maximum Gasteiger partial charge on any atom is 0.339 e. The highest BCUT2D eigenvalue weighted by atomic mass is 32.2. The average molecular weight is 239 g/mol. The van der Waals surface area contributed by atoms with Crippen LogP contribution in [0.4, 0.5) is 0 Å². The van der Waals surface area contributed by atoms with E-state index < -0.39 is 0 Å². The summed E-state index contributed by atoms with van der Waals surface area (Å²) in [5, 5.41) is 0.928. The fourth-order valence-electron chi connectivity index (χ4n) is 1.22. The van der Waals surface area contributed by atoms with Crippen molar-refractivity contribution in [1.29, 1.82) is 0 Å². The van der Waals surface area contributed by atoms with E-state index in [0.717, 1.165) is 10.6 Å². The molecule has 0 aromatic carbocycles. The molecular formula is C12H17NO2S. The number of aromatic nitrogens is 1. The molecule has 1 rings (SSSR count). The van der Waals surface area contributed by atoms with Crippen molar-refractivity contribution in [1.82, 2.24) is 4.98 Å². The van der Waals surface area contributed by atoms with Gasteiger partial charge >= 0.3 is 5.97 Å². The molecule has 0 unspecified atom stereocenters. The maximum absolute atomic E-state index is 11.4. The van der Waals surface area contributed by atoms with E-state index >= 15 is 0 Å². The molecule has 0 aliphatic rings. The fourth-order valence-corrected chi connectivity index (χ4v) is 2.19. The summed E-state index contributed by atoms with van der Waals surface area (Å²) in [6, 6.07) is 1.92. The monoisotopic (exact) mass is 239 g/mol. The van der Waals surface area contributed by atoms with Crippen LogP contribution in [0.2, 0.25) is 0 Å². The first-order chi connectivity index (χ1) is 7.33. The zero-order valence-electron chi connectivity index (χ0n) is 10.3. The minimum Gasteiger partial charge on any atom is -0.465 e. The van der Waals surface area contributed by atoms with Crippen LogP contribution in [0.1, 0.15) is 36.7 Å². The van der Waals surface area contributed by atoms with Gasteiger partial charge < -0.3 is 4.74 Å². The number of thioether (sulfide) groups is 1. The summed E-state index contributed by atoms with van der Waals surface area (Å²) in [4.78, 5) is 15.6. The van der Waals surface area contributed by atoms with Crippen LogP contribution >= 0.6 is 11.8 Å². The maximum atomic E-state index is 11.4. The lowest BCUT2D eigenvalue weighted by atomic mass is 10.2. The number of ether oxygens (including phenoxy) is 1. The highest BCUT2D eigenvalue weighted by molar-refractivity contribution is 8.00. The molecule has 0 amide bonds. The lowest BCUT2D eigenvalue weighted by Gasteiger charge is -2.17. The van der Waals surface area contributed by atoms with Crippen LogP contribution in [-0.2, 0) is 4.74 Å². The second-order valence-electron chi connectivity index (χ2n) is 4.54. The Labute approximate surface area is 101 Å². The van der Waals surface area contributed by atoms with Gasteiger partial charge in [-0.3, -0.25) is 0 Å². The van der Waals surface area contributed by atoms with E-state index in [0.29, 0.717) is 5.56 Å². The van der Waals surface area contributed by atoms with Gasteiger partial charge in [-0.15, -0.1) is 11.8 Å². The fraction of sp³-hybridized carbons (Fsp3) is 0.500. The molecule has 0 aliphatic carbocycles. The summed E-state index contributed by atoms with van der Waals surface area (Å²) in [6.45, 7) is 8.27. The Morgan fingerprint density at radius 3 is 2.50 bits per heavy atom. The van der Waals surface area contributed by atoms with Gasteiger partial charge in [0.15, 0.2) is 0 Å². The molecular weight excluding hydrogens is 222 g/mol. The molecule has 1 heterocycles. The molecule has 0 fully saturated rings. The first-order valence-corrected chi connectivity index (χ1v) is 5.89. The standard InChI is InChI=1S/C12H17NO2S/c1-8-6-10(16-12(2,3)4)13-7-9(8)11(14)15-5/h6-7H,1-5H3. The largest absolute Gasteiger partial charge is 0.465 e. The Morgan fingerprint density at radius 2 is 2.06 bits per heavy atom. The van der Waals surface area contributed by atoms with Crippen LogP contribution in [0.5, 0.6) is 0 Å². The molecule has 3 nitrogen and oxygen atoms in total. The van der Waals surface area contributed by atoms with E-state index in [1.165, 1.54) is 7.11 Å².